The molecule has 2 N–H and O–H groups in total. The van der Waals surface area contributed by atoms with Gasteiger partial charge in [-0.15, -0.1) is 24.0 Å². The van der Waals surface area contributed by atoms with Gasteiger partial charge < -0.3 is 29.4 Å². The highest BCUT2D eigenvalue weighted by atomic mass is 127. The molecule has 1 heterocycles. The molecular formula is C17H25IN4O4. The van der Waals surface area contributed by atoms with Crippen LogP contribution >= 0.6 is 24.0 Å². The minimum absolute atomic E-state index is 0. The van der Waals surface area contributed by atoms with E-state index in [0.717, 1.165) is 17.8 Å². The molecule has 26 heavy (non-hydrogen) atoms. The monoisotopic (exact) mass is 476 g/mol. The molecule has 0 aliphatic carbocycles. The van der Waals surface area contributed by atoms with Crippen LogP contribution in [-0.2, 0) is 13.1 Å². The van der Waals surface area contributed by atoms with Crippen molar-refractivity contribution in [2.75, 3.05) is 27.9 Å². The molecule has 0 spiro atoms. The van der Waals surface area contributed by atoms with Crippen molar-refractivity contribution in [3.05, 3.63) is 35.7 Å². The lowest BCUT2D eigenvalue weighted by Crippen LogP contribution is -2.36. The summed E-state index contributed by atoms with van der Waals surface area (Å²) in [5.41, 5.74) is 1.74. The van der Waals surface area contributed by atoms with Gasteiger partial charge in [-0.1, -0.05) is 5.16 Å². The van der Waals surface area contributed by atoms with Gasteiger partial charge in [0.15, 0.2) is 17.5 Å². The molecular weight excluding hydrogens is 451 g/mol. The summed E-state index contributed by atoms with van der Waals surface area (Å²) < 4.78 is 20.9. The van der Waals surface area contributed by atoms with E-state index in [9.17, 15) is 0 Å². The summed E-state index contributed by atoms with van der Waals surface area (Å²) in [6, 6.07) is 5.56. The highest BCUT2D eigenvalue weighted by Gasteiger charge is 2.13. The molecule has 0 radical (unpaired) electrons. The van der Waals surface area contributed by atoms with E-state index in [1.54, 1.807) is 27.4 Å². The van der Waals surface area contributed by atoms with Gasteiger partial charge in [-0.3, -0.25) is 0 Å². The molecule has 0 saturated heterocycles. The fourth-order valence-corrected chi connectivity index (χ4v) is 2.24. The van der Waals surface area contributed by atoms with E-state index in [-0.39, 0.29) is 24.0 Å². The van der Waals surface area contributed by atoms with Gasteiger partial charge >= 0.3 is 0 Å². The highest BCUT2D eigenvalue weighted by Crippen LogP contribution is 2.38. The predicted molar refractivity (Wildman–Crippen MR) is 110 cm³/mol. The lowest BCUT2D eigenvalue weighted by molar-refractivity contribution is 0.324. The number of hydrogen-bond donors (Lipinski definition) is 2. The summed E-state index contributed by atoms with van der Waals surface area (Å²) in [5.74, 6) is 2.45. The Bertz CT molecular complexity index is 667. The second-order valence-corrected chi connectivity index (χ2v) is 5.07. The fraction of sp³-hybridized carbons (Fsp3) is 0.412. The van der Waals surface area contributed by atoms with Crippen LogP contribution < -0.4 is 24.8 Å². The van der Waals surface area contributed by atoms with Crippen molar-refractivity contribution < 1.29 is 18.7 Å². The van der Waals surface area contributed by atoms with Gasteiger partial charge in [-0.05, 0) is 24.6 Å². The van der Waals surface area contributed by atoms with Crippen molar-refractivity contribution in [2.45, 2.75) is 20.0 Å². The smallest absolute Gasteiger partial charge is 0.203 e. The van der Waals surface area contributed by atoms with Crippen LogP contribution in [-0.4, -0.2) is 39.0 Å². The molecule has 0 amide bonds. The summed E-state index contributed by atoms with van der Waals surface area (Å²) in [6.45, 7) is 3.73. The van der Waals surface area contributed by atoms with Crippen LogP contribution in [0.15, 0.2) is 34.0 Å². The lowest BCUT2D eigenvalue weighted by atomic mass is 10.2. The van der Waals surface area contributed by atoms with E-state index in [2.05, 4.69) is 20.8 Å². The van der Waals surface area contributed by atoms with Crippen molar-refractivity contribution in [3.8, 4) is 17.2 Å². The minimum atomic E-state index is 0. The lowest BCUT2D eigenvalue weighted by Gasteiger charge is -2.14. The Labute approximate surface area is 170 Å². The van der Waals surface area contributed by atoms with Crippen molar-refractivity contribution in [1.29, 1.82) is 0 Å². The third-order valence-corrected chi connectivity index (χ3v) is 3.42. The fourth-order valence-electron chi connectivity index (χ4n) is 2.24. The maximum absolute atomic E-state index is 5.37. The number of guanidine groups is 1. The first-order valence-electron chi connectivity index (χ1n) is 7.92. The first-order chi connectivity index (χ1) is 12.2. The maximum atomic E-state index is 5.37. The first-order valence-corrected chi connectivity index (χ1v) is 7.92. The summed E-state index contributed by atoms with van der Waals surface area (Å²) in [5, 5.41) is 10.3. The summed E-state index contributed by atoms with van der Waals surface area (Å²) >= 11 is 0. The number of methoxy groups -OCH3 is 3. The van der Waals surface area contributed by atoms with E-state index >= 15 is 0 Å². The molecule has 0 bridgehead atoms. The van der Waals surface area contributed by atoms with Crippen molar-refractivity contribution in [3.63, 3.8) is 0 Å². The Morgan fingerprint density at radius 1 is 1.12 bits per heavy atom. The molecule has 8 nitrogen and oxygen atoms in total. The maximum Gasteiger partial charge on any atom is 0.203 e. The standard InChI is InChI=1S/C17H24N4O4.HI/c1-5-18-17(20-11-13-6-7-25-21-13)19-10-12-8-14(22-2)16(24-4)15(9-12)23-3;/h6-9H,5,10-11H2,1-4H3,(H2,18,19,20);1H. The van der Waals surface area contributed by atoms with Crippen LogP contribution in [0, 0.1) is 0 Å². The van der Waals surface area contributed by atoms with Gasteiger partial charge in [0.25, 0.3) is 0 Å². The zero-order chi connectivity index (χ0) is 18.1. The second-order valence-electron chi connectivity index (χ2n) is 5.07. The molecule has 2 rings (SSSR count). The van der Waals surface area contributed by atoms with Crippen LogP contribution in [0.1, 0.15) is 18.2 Å². The van der Waals surface area contributed by atoms with Gasteiger partial charge in [0.1, 0.15) is 12.0 Å². The number of ether oxygens (including phenoxy) is 3. The molecule has 0 atom stereocenters. The normalized spacial score (nSPS) is 10.7. The SMILES string of the molecule is CCNC(=NCc1cc(OC)c(OC)c(OC)c1)NCc1ccon1.I. The topological polar surface area (TPSA) is 90.1 Å². The summed E-state index contributed by atoms with van der Waals surface area (Å²) in [6.07, 6.45) is 1.54. The molecule has 0 saturated carbocycles. The largest absolute Gasteiger partial charge is 0.493 e. The Morgan fingerprint density at radius 2 is 1.81 bits per heavy atom. The Morgan fingerprint density at radius 3 is 2.31 bits per heavy atom. The van der Waals surface area contributed by atoms with Crippen LogP contribution in [0.5, 0.6) is 17.2 Å². The molecule has 0 unspecified atom stereocenters. The molecule has 1 aromatic heterocycles. The van der Waals surface area contributed by atoms with Gasteiger partial charge in [0.05, 0.1) is 34.4 Å². The number of nitrogens with zero attached hydrogens (tertiary/aromatic N) is 2. The number of aliphatic imine (C=N–C) groups is 1. The molecule has 9 heteroatoms. The molecule has 0 aliphatic heterocycles. The Balaban J connectivity index is 0.00000338. The van der Waals surface area contributed by atoms with Gasteiger partial charge in [-0.2, -0.15) is 0 Å². The Kier molecular flexibility index (Phi) is 9.63. The summed E-state index contributed by atoms with van der Waals surface area (Å²) in [7, 11) is 4.76. The molecule has 0 aliphatic rings. The van der Waals surface area contributed by atoms with E-state index in [1.807, 2.05) is 19.1 Å². The minimum Gasteiger partial charge on any atom is -0.493 e. The van der Waals surface area contributed by atoms with Gasteiger partial charge in [0.2, 0.25) is 5.75 Å². The number of hydrogen-bond acceptors (Lipinski definition) is 6. The zero-order valence-corrected chi connectivity index (χ0v) is 17.7. The zero-order valence-electron chi connectivity index (χ0n) is 15.4. The van der Waals surface area contributed by atoms with Crippen molar-refractivity contribution in [1.82, 2.24) is 15.8 Å². The van der Waals surface area contributed by atoms with E-state index in [1.165, 1.54) is 6.26 Å². The molecule has 1 aromatic carbocycles. The second kappa shape index (κ2) is 11.4. The van der Waals surface area contributed by atoms with Crippen LogP contribution in [0.4, 0.5) is 0 Å². The van der Waals surface area contributed by atoms with Crippen molar-refractivity contribution >= 4 is 29.9 Å². The average Bonchev–Trinajstić information content (AvgIpc) is 3.16. The third kappa shape index (κ3) is 5.97. The number of aromatic nitrogens is 1. The van der Waals surface area contributed by atoms with Crippen molar-refractivity contribution in [2.24, 2.45) is 4.99 Å². The van der Waals surface area contributed by atoms with E-state index < -0.39 is 0 Å². The molecule has 144 valence electrons. The quantitative estimate of drug-likeness (QED) is 0.344. The van der Waals surface area contributed by atoms with Crippen LogP contribution in [0.25, 0.3) is 0 Å². The summed E-state index contributed by atoms with van der Waals surface area (Å²) in [4.78, 5) is 4.57. The van der Waals surface area contributed by atoms with Crippen LogP contribution in [0.3, 0.4) is 0 Å². The Hall–Kier alpha value is -2.17. The number of halogens is 1. The predicted octanol–water partition coefficient (Wildman–Crippen LogP) is 2.57. The third-order valence-electron chi connectivity index (χ3n) is 3.42. The first kappa shape index (κ1) is 21.9. The molecule has 2 aromatic rings. The molecule has 0 fully saturated rings. The van der Waals surface area contributed by atoms with E-state index in [0.29, 0.717) is 36.3 Å². The number of nitrogens with one attached hydrogen (secondary N) is 2. The van der Waals surface area contributed by atoms with Crippen LogP contribution in [0.2, 0.25) is 0 Å². The highest BCUT2D eigenvalue weighted by molar-refractivity contribution is 14.0. The van der Waals surface area contributed by atoms with Gasteiger partial charge in [-0.25, -0.2) is 4.99 Å². The number of benzene rings is 1. The average molecular weight is 476 g/mol. The van der Waals surface area contributed by atoms with Gasteiger partial charge in [0, 0.05) is 12.6 Å². The van der Waals surface area contributed by atoms with E-state index in [4.69, 9.17) is 18.7 Å². The number of rotatable bonds is 8.